The van der Waals surface area contributed by atoms with E-state index in [0.717, 1.165) is 44.1 Å². The zero-order valence-electron chi connectivity index (χ0n) is 32.2. The molecule has 0 fully saturated rings. The van der Waals surface area contributed by atoms with Gasteiger partial charge in [-0.15, -0.1) is 0 Å². The number of aryl methyl sites for hydroxylation is 2. The van der Waals surface area contributed by atoms with Crippen molar-refractivity contribution in [2.24, 2.45) is 0 Å². The van der Waals surface area contributed by atoms with Gasteiger partial charge in [-0.05, 0) is 68.9 Å². The topological polar surface area (TPSA) is 40.1 Å². The first-order chi connectivity index (χ1) is 22.4. The summed E-state index contributed by atoms with van der Waals surface area (Å²) in [5, 5.41) is 11.0. The molecule has 1 rings (SSSR count). The minimum absolute atomic E-state index is 0.360. The first kappa shape index (κ1) is 44.6. The van der Waals surface area contributed by atoms with Crippen molar-refractivity contribution in [3.05, 3.63) is 34.9 Å². The van der Waals surface area contributed by atoms with E-state index in [1.165, 1.54) is 165 Å². The van der Waals surface area contributed by atoms with Gasteiger partial charge in [0.2, 0.25) is 0 Å². The number of carbonyl (C=O) groups is 1. The molecular weight excluding hydrogens is 562 g/mol. The van der Waals surface area contributed by atoms with Gasteiger partial charge >= 0.3 is 0 Å². The maximum atomic E-state index is 11.0. The van der Waals surface area contributed by atoms with Crippen molar-refractivity contribution in [1.29, 1.82) is 0 Å². The number of nitrogens with zero attached hydrogens (tertiary/aromatic N) is 1. The van der Waals surface area contributed by atoms with E-state index in [0.29, 0.717) is 5.56 Å². The lowest BCUT2D eigenvalue weighted by atomic mass is 9.97. The van der Waals surface area contributed by atoms with Crippen LogP contribution in [0.2, 0.25) is 0 Å². The highest BCUT2D eigenvalue weighted by molar-refractivity contribution is 5.87. The summed E-state index contributed by atoms with van der Waals surface area (Å²) in [5.41, 5.74) is 2.53. The largest absolute Gasteiger partial charge is 0.545 e. The number of carboxylic acid groups (broad SMARTS) is 1. The molecule has 0 radical (unpaired) electrons. The molecule has 270 valence electrons. The second kappa shape index (κ2) is 32.2. The van der Waals surface area contributed by atoms with Crippen LogP contribution in [0.1, 0.15) is 217 Å². The summed E-state index contributed by atoms with van der Waals surface area (Å²) in [4.78, 5) is 11.0. The first-order valence-corrected chi connectivity index (χ1v) is 20.6. The van der Waals surface area contributed by atoms with Crippen molar-refractivity contribution in [3.8, 4) is 0 Å². The Balaban J connectivity index is 0.00000100. The van der Waals surface area contributed by atoms with Gasteiger partial charge in [0.1, 0.15) is 0 Å². The molecule has 46 heavy (non-hydrogen) atoms. The highest BCUT2D eigenvalue weighted by atomic mass is 16.4. The molecule has 0 aliphatic carbocycles. The van der Waals surface area contributed by atoms with Crippen LogP contribution in [0.3, 0.4) is 0 Å². The summed E-state index contributed by atoms with van der Waals surface area (Å²) in [6, 6.07) is 5.65. The van der Waals surface area contributed by atoms with Crippen molar-refractivity contribution in [2.75, 3.05) is 26.2 Å². The van der Waals surface area contributed by atoms with Crippen molar-refractivity contribution in [2.45, 2.75) is 208 Å². The number of quaternary nitrogens is 1. The number of carboxylic acids is 1. The SMILES string of the molecule is CCCCCCCCCCCCCCCC[N+](CCCC)(CCCC)CCCC.CCCCc1ccc(C(=O)[O-])c(CCCC)c1. The van der Waals surface area contributed by atoms with Crippen LogP contribution < -0.4 is 5.11 Å². The lowest BCUT2D eigenvalue weighted by molar-refractivity contribution is -0.929. The maximum Gasteiger partial charge on any atom is 0.0786 e. The van der Waals surface area contributed by atoms with Gasteiger partial charge in [-0.25, -0.2) is 0 Å². The number of hydrogen-bond donors (Lipinski definition) is 0. The van der Waals surface area contributed by atoms with Crippen molar-refractivity contribution < 1.29 is 14.4 Å². The number of carbonyl (C=O) groups excluding carboxylic acids is 1. The molecule has 0 spiro atoms. The Bertz CT molecular complexity index is 782. The molecule has 3 nitrogen and oxygen atoms in total. The third kappa shape index (κ3) is 23.9. The molecule has 0 aliphatic heterocycles. The van der Waals surface area contributed by atoms with Gasteiger partial charge in [-0.2, -0.15) is 0 Å². The van der Waals surface area contributed by atoms with Crippen LogP contribution in [0, 0.1) is 0 Å². The minimum Gasteiger partial charge on any atom is -0.545 e. The van der Waals surface area contributed by atoms with Crippen LogP contribution in [0.15, 0.2) is 18.2 Å². The zero-order valence-corrected chi connectivity index (χ0v) is 32.2. The van der Waals surface area contributed by atoms with Crippen LogP contribution in [0.5, 0.6) is 0 Å². The van der Waals surface area contributed by atoms with Gasteiger partial charge in [0.25, 0.3) is 0 Å². The lowest BCUT2D eigenvalue weighted by Gasteiger charge is -2.39. The summed E-state index contributed by atoms with van der Waals surface area (Å²) >= 11 is 0. The average molecular weight is 644 g/mol. The molecule has 0 saturated carbocycles. The summed E-state index contributed by atoms with van der Waals surface area (Å²) in [6.07, 6.45) is 35.2. The molecule has 0 N–H and O–H groups in total. The van der Waals surface area contributed by atoms with Crippen molar-refractivity contribution >= 4 is 5.97 Å². The fourth-order valence-electron chi connectivity index (χ4n) is 6.75. The van der Waals surface area contributed by atoms with Gasteiger partial charge < -0.3 is 14.4 Å². The van der Waals surface area contributed by atoms with E-state index in [-0.39, 0.29) is 0 Å². The molecular formula is C43H81NO2. The summed E-state index contributed by atoms with van der Waals surface area (Å²) in [5.74, 6) is -1.06. The average Bonchev–Trinajstić information content (AvgIpc) is 3.07. The molecule has 0 unspecified atom stereocenters. The minimum atomic E-state index is -1.06. The summed E-state index contributed by atoms with van der Waals surface area (Å²) < 4.78 is 1.44. The van der Waals surface area contributed by atoms with Crippen LogP contribution >= 0.6 is 0 Å². The second-order valence-corrected chi connectivity index (χ2v) is 14.4. The van der Waals surface area contributed by atoms with E-state index in [1.54, 1.807) is 6.07 Å². The quantitative estimate of drug-likeness (QED) is 0.0596. The third-order valence-electron chi connectivity index (χ3n) is 9.95. The Morgan fingerprint density at radius 1 is 0.478 bits per heavy atom. The number of hydrogen-bond acceptors (Lipinski definition) is 2. The molecule has 0 heterocycles. The second-order valence-electron chi connectivity index (χ2n) is 14.4. The Labute approximate surface area is 289 Å². The molecule has 0 amide bonds. The Hall–Kier alpha value is -1.35. The van der Waals surface area contributed by atoms with Gasteiger partial charge in [0.05, 0.1) is 32.1 Å². The first-order valence-electron chi connectivity index (χ1n) is 20.6. The lowest BCUT2D eigenvalue weighted by Crippen LogP contribution is -2.50. The number of rotatable bonds is 31. The fraction of sp³-hybridized carbons (Fsp3) is 0.837. The predicted octanol–water partition coefficient (Wildman–Crippen LogP) is 12.4. The summed E-state index contributed by atoms with van der Waals surface area (Å²) in [7, 11) is 0. The molecule has 1 aromatic carbocycles. The molecule has 3 heteroatoms. The smallest absolute Gasteiger partial charge is 0.0786 e. The van der Waals surface area contributed by atoms with Crippen LogP contribution in [-0.2, 0) is 12.8 Å². The Morgan fingerprint density at radius 2 is 0.848 bits per heavy atom. The Kier molecular flexibility index (Phi) is 31.3. The van der Waals surface area contributed by atoms with Gasteiger partial charge in [-0.1, -0.05) is 169 Å². The van der Waals surface area contributed by atoms with Crippen molar-refractivity contribution in [3.63, 3.8) is 0 Å². The molecule has 0 aromatic heterocycles. The monoisotopic (exact) mass is 644 g/mol. The zero-order chi connectivity index (χ0) is 34.1. The van der Waals surface area contributed by atoms with Gasteiger partial charge in [-0.3, -0.25) is 0 Å². The third-order valence-corrected chi connectivity index (χ3v) is 9.95. The normalized spacial score (nSPS) is 11.4. The van der Waals surface area contributed by atoms with Gasteiger partial charge in [0, 0.05) is 5.56 Å². The van der Waals surface area contributed by atoms with E-state index in [2.05, 4.69) is 41.5 Å². The number of benzene rings is 1. The summed E-state index contributed by atoms with van der Waals surface area (Å²) in [6.45, 7) is 19.4. The molecule has 0 atom stereocenters. The van der Waals surface area contributed by atoms with Gasteiger partial charge in [0.15, 0.2) is 0 Å². The van der Waals surface area contributed by atoms with Crippen LogP contribution in [-0.4, -0.2) is 36.6 Å². The molecule has 0 saturated heterocycles. The van der Waals surface area contributed by atoms with Crippen LogP contribution in [0.4, 0.5) is 0 Å². The molecule has 0 aliphatic rings. The van der Waals surface area contributed by atoms with E-state index in [9.17, 15) is 9.90 Å². The van der Waals surface area contributed by atoms with Crippen LogP contribution in [0.25, 0.3) is 0 Å². The highest BCUT2D eigenvalue weighted by Crippen LogP contribution is 2.19. The maximum absolute atomic E-state index is 11.0. The van der Waals surface area contributed by atoms with E-state index in [4.69, 9.17) is 0 Å². The predicted molar refractivity (Wildman–Crippen MR) is 203 cm³/mol. The molecule has 1 aromatic rings. The van der Waals surface area contributed by atoms with E-state index < -0.39 is 5.97 Å². The standard InChI is InChI=1S/C28H60N.C15H22O2/c1-5-9-13-14-15-16-17-18-19-20-21-22-23-24-28-29(25-10-6-2,26-11-7-3)27-12-8-4;1-3-5-7-12-9-10-14(15(16)17)13(11-12)8-6-4-2/h5-28H2,1-4H3;9-11H,3-8H2,1-2H3,(H,16,17)/q+1;/p-1. The van der Waals surface area contributed by atoms with E-state index >= 15 is 0 Å². The highest BCUT2D eigenvalue weighted by Gasteiger charge is 2.25. The fourth-order valence-corrected chi connectivity index (χ4v) is 6.75. The van der Waals surface area contributed by atoms with Crippen molar-refractivity contribution in [1.82, 2.24) is 0 Å². The molecule has 0 bridgehead atoms. The number of unbranched alkanes of at least 4 members (excludes halogenated alkanes) is 18. The van der Waals surface area contributed by atoms with E-state index in [1.807, 2.05) is 12.1 Å². The number of aromatic carboxylic acids is 1. The Morgan fingerprint density at radius 3 is 1.26 bits per heavy atom.